The Morgan fingerprint density at radius 1 is 1.32 bits per heavy atom. The molecule has 1 unspecified atom stereocenters. The minimum atomic E-state index is -0.170. The number of aromatic amines is 1. The number of nitrogens with one attached hydrogen (secondary N) is 1. The van der Waals surface area contributed by atoms with E-state index in [1.807, 2.05) is 24.0 Å². The van der Waals surface area contributed by atoms with Crippen LogP contribution >= 0.6 is 0 Å². The summed E-state index contributed by atoms with van der Waals surface area (Å²) in [5.74, 6) is 0.558. The molecule has 3 heterocycles. The van der Waals surface area contributed by atoms with Crippen molar-refractivity contribution in [1.29, 1.82) is 0 Å². The van der Waals surface area contributed by atoms with Crippen LogP contribution in [0, 0.1) is 13.8 Å². The quantitative estimate of drug-likeness (QED) is 0.789. The van der Waals surface area contributed by atoms with E-state index >= 15 is 0 Å². The van der Waals surface area contributed by atoms with Gasteiger partial charge < -0.3 is 9.64 Å². The molecule has 2 aromatic heterocycles. The minimum absolute atomic E-state index is 0.170. The standard InChI is InChI=1S/C18H21N5O2/c1-11-4-5-15(12(2)8-11)23-10-14-16(21-23)19-18(20-17(14)24)22-7-6-13(9-22)25-3/h4-5,8,10,13H,6-7,9H2,1-3H3,(H,19,20,21,24). The van der Waals surface area contributed by atoms with Gasteiger partial charge in [0.1, 0.15) is 5.39 Å². The van der Waals surface area contributed by atoms with Crippen LogP contribution in [0.1, 0.15) is 17.5 Å². The number of rotatable bonds is 3. The van der Waals surface area contributed by atoms with Crippen molar-refractivity contribution in [2.75, 3.05) is 25.1 Å². The molecule has 0 saturated carbocycles. The number of aryl methyl sites for hydroxylation is 2. The van der Waals surface area contributed by atoms with E-state index < -0.39 is 0 Å². The summed E-state index contributed by atoms with van der Waals surface area (Å²) in [5.41, 5.74) is 3.53. The SMILES string of the molecule is COC1CCN(c2nc3nn(-c4ccc(C)cc4C)cc3c(=O)[nH]2)C1. The van der Waals surface area contributed by atoms with Crippen molar-refractivity contribution in [2.45, 2.75) is 26.4 Å². The fraction of sp³-hybridized carbons (Fsp3) is 0.389. The maximum atomic E-state index is 12.5. The highest BCUT2D eigenvalue weighted by atomic mass is 16.5. The van der Waals surface area contributed by atoms with Gasteiger partial charge in [0.15, 0.2) is 5.65 Å². The Morgan fingerprint density at radius 3 is 2.88 bits per heavy atom. The Labute approximate surface area is 145 Å². The van der Waals surface area contributed by atoms with Gasteiger partial charge in [0.2, 0.25) is 5.95 Å². The fourth-order valence-electron chi connectivity index (χ4n) is 3.35. The Bertz CT molecular complexity index is 991. The number of H-pyrrole nitrogens is 1. The van der Waals surface area contributed by atoms with Crippen molar-refractivity contribution in [1.82, 2.24) is 19.7 Å². The van der Waals surface area contributed by atoms with Gasteiger partial charge in [-0.2, -0.15) is 4.98 Å². The number of aromatic nitrogens is 4. The first-order valence-corrected chi connectivity index (χ1v) is 8.40. The van der Waals surface area contributed by atoms with Crippen molar-refractivity contribution >= 4 is 17.0 Å². The molecule has 130 valence electrons. The van der Waals surface area contributed by atoms with E-state index in [-0.39, 0.29) is 11.7 Å². The van der Waals surface area contributed by atoms with Crippen LogP contribution < -0.4 is 10.5 Å². The van der Waals surface area contributed by atoms with Crippen molar-refractivity contribution in [3.63, 3.8) is 0 Å². The molecule has 7 nitrogen and oxygen atoms in total. The summed E-state index contributed by atoms with van der Waals surface area (Å²) in [6.07, 6.45) is 2.84. The lowest BCUT2D eigenvalue weighted by atomic mass is 10.1. The smallest absolute Gasteiger partial charge is 0.263 e. The van der Waals surface area contributed by atoms with E-state index in [0.29, 0.717) is 17.0 Å². The number of fused-ring (bicyclic) bond motifs is 1. The lowest BCUT2D eigenvalue weighted by Gasteiger charge is -2.15. The van der Waals surface area contributed by atoms with E-state index in [1.165, 1.54) is 5.56 Å². The normalized spacial score (nSPS) is 17.6. The molecule has 1 N–H and O–H groups in total. The zero-order valence-corrected chi connectivity index (χ0v) is 14.6. The summed E-state index contributed by atoms with van der Waals surface area (Å²) in [6, 6.07) is 6.14. The molecule has 25 heavy (non-hydrogen) atoms. The van der Waals surface area contributed by atoms with E-state index in [1.54, 1.807) is 18.0 Å². The molecule has 0 spiro atoms. The zero-order chi connectivity index (χ0) is 17.6. The molecular weight excluding hydrogens is 318 g/mol. The van der Waals surface area contributed by atoms with Crippen molar-refractivity contribution in [3.8, 4) is 5.69 Å². The summed E-state index contributed by atoms with van der Waals surface area (Å²) in [4.78, 5) is 22.0. The number of methoxy groups -OCH3 is 1. The number of nitrogens with zero attached hydrogens (tertiary/aromatic N) is 4. The highest BCUT2D eigenvalue weighted by Gasteiger charge is 2.24. The van der Waals surface area contributed by atoms with Gasteiger partial charge >= 0.3 is 0 Å². The molecule has 1 fully saturated rings. The molecule has 1 atom stereocenters. The van der Waals surface area contributed by atoms with Gasteiger partial charge in [0.25, 0.3) is 5.56 Å². The molecule has 3 aromatic rings. The molecule has 0 amide bonds. The third kappa shape index (κ3) is 2.80. The maximum Gasteiger partial charge on any atom is 0.263 e. The van der Waals surface area contributed by atoms with Crippen LogP contribution in [0.15, 0.2) is 29.2 Å². The average molecular weight is 339 g/mol. The number of hydrogen-bond donors (Lipinski definition) is 1. The summed E-state index contributed by atoms with van der Waals surface area (Å²) in [7, 11) is 1.71. The third-order valence-electron chi connectivity index (χ3n) is 4.75. The number of ether oxygens (including phenoxy) is 1. The first kappa shape index (κ1) is 15.8. The van der Waals surface area contributed by atoms with Crippen molar-refractivity contribution in [2.24, 2.45) is 0 Å². The molecule has 0 radical (unpaired) electrons. The molecule has 1 aromatic carbocycles. The number of benzene rings is 1. The van der Waals surface area contributed by atoms with Crippen molar-refractivity contribution < 1.29 is 4.74 Å². The van der Waals surface area contributed by atoms with Crippen LogP contribution in [0.2, 0.25) is 0 Å². The highest BCUT2D eigenvalue weighted by molar-refractivity contribution is 5.74. The predicted octanol–water partition coefficient (Wildman–Crippen LogP) is 1.95. The number of anilines is 1. The van der Waals surface area contributed by atoms with E-state index in [4.69, 9.17) is 4.74 Å². The summed E-state index contributed by atoms with van der Waals surface area (Å²) in [6.45, 7) is 5.62. The van der Waals surface area contributed by atoms with E-state index in [0.717, 1.165) is 30.8 Å². The van der Waals surface area contributed by atoms with Crippen LogP contribution in [0.25, 0.3) is 16.7 Å². The third-order valence-corrected chi connectivity index (χ3v) is 4.75. The van der Waals surface area contributed by atoms with Crippen LogP contribution in [0.3, 0.4) is 0 Å². The fourth-order valence-corrected chi connectivity index (χ4v) is 3.35. The molecule has 1 aliphatic rings. The maximum absolute atomic E-state index is 12.5. The van der Waals surface area contributed by atoms with Crippen LogP contribution in [0.5, 0.6) is 0 Å². The monoisotopic (exact) mass is 339 g/mol. The van der Waals surface area contributed by atoms with Gasteiger partial charge in [-0.05, 0) is 31.9 Å². The van der Waals surface area contributed by atoms with E-state index in [2.05, 4.69) is 28.1 Å². The summed E-state index contributed by atoms with van der Waals surface area (Å²) < 4.78 is 7.11. The molecule has 7 heteroatoms. The second kappa shape index (κ2) is 6.00. The van der Waals surface area contributed by atoms with Gasteiger partial charge in [-0.15, -0.1) is 5.10 Å². The lowest BCUT2D eigenvalue weighted by Crippen LogP contribution is -2.26. The van der Waals surface area contributed by atoms with Gasteiger partial charge in [0, 0.05) is 26.4 Å². The highest BCUT2D eigenvalue weighted by Crippen LogP contribution is 2.20. The first-order chi connectivity index (χ1) is 12.0. The average Bonchev–Trinajstić information content (AvgIpc) is 3.21. The molecule has 0 bridgehead atoms. The van der Waals surface area contributed by atoms with Gasteiger partial charge in [-0.1, -0.05) is 17.7 Å². The molecule has 1 saturated heterocycles. The Morgan fingerprint density at radius 2 is 2.16 bits per heavy atom. The molecule has 4 rings (SSSR count). The zero-order valence-electron chi connectivity index (χ0n) is 14.6. The van der Waals surface area contributed by atoms with Crippen molar-refractivity contribution in [3.05, 3.63) is 45.9 Å². The summed E-state index contributed by atoms with van der Waals surface area (Å²) in [5, 5.41) is 5.03. The first-order valence-electron chi connectivity index (χ1n) is 8.40. The second-order valence-corrected chi connectivity index (χ2v) is 6.58. The van der Waals surface area contributed by atoms with Gasteiger partial charge in [0.05, 0.1) is 11.8 Å². The summed E-state index contributed by atoms with van der Waals surface area (Å²) >= 11 is 0. The topological polar surface area (TPSA) is 76.0 Å². The molecule has 0 aliphatic carbocycles. The predicted molar refractivity (Wildman–Crippen MR) is 96.6 cm³/mol. The molecule has 1 aliphatic heterocycles. The van der Waals surface area contributed by atoms with Gasteiger partial charge in [-0.3, -0.25) is 9.78 Å². The van der Waals surface area contributed by atoms with Crippen LogP contribution in [-0.4, -0.2) is 46.1 Å². The Balaban J connectivity index is 1.76. The second-order valence-electron chi connectivity index (χ2n) is 6.58. The van der Waals surface area contributed by atoms with Crippen LogP contribution in [0.4, 0.5) is 5.95 Å². The molecular formula is C18H21N5O2. The van der Waals surface area contributed by atoms with Gasteiger partial charge in [-0.25, -0.2) is 4.68 Å². The largest absolute Gasteiger partial charge is 0.380 e. The lowest BCUT2D eigenvalue weighted by molar-refractivity contribution is 0.121. The number of hydrogen-bond acceptors (Lipinski definition) is 5. The minimum Gasteiger partial charge on any atom is -0.380 e. The Kier molecular flexibility index (Phi) is 3.80. The Hall–Kier alpha value is -2.67. The van der Waals surface area contributed by atoms with Crippen LogP contribution in [-0.2, 0) is 4.74 Å². The van der Waals surface area contributed by atoms with E-state index in [9.17, 15) is 4.79 Å².